The number of guanidine groups is 1. The number of ether oxygens (including phenoxy) is 2. The number of benzene rings is 1. The Labute approximate surface area is 158 Å². The van der Waals surface area contributed by atoms with Crippen molar-refractivity contribution in [2.24, 2.45) is 4.99 Å². The number of anilines is 1. The number of rotatable bonds is 11. The van der Waals surface area contributed by atoms with Crippen molar-refractivity contribution in [2.75, 3.05) is 58.0 Å². The monoisotopic (exact) mass is 362 g/mol. The lowest BCUT2D eigenvalue weighted by Crippen LogP contribution is -2.45. The fourth-order valence-electron chi connectivity index (χ4n) is 2.95. The van der Waals surface area contributed by atoms with Gasteiger partial charge in [0.25, 0.3) is 0 Å². The number of unbranched alkanes of at least 4 members (excludes halogenated alkanes) is 1. The third kappa shape index (κ3) is 7.62. The minimum absolute atomic E-state index is 0.411. The van der Waals surface area contributed by atoms with Gasteiger partial charge in [0.2, 0.25) is 0 Å². The molecule has 1 saturated heterocycles. The Morgan fingerprint density at radius 2 is 1.92 bits per heavy atom. The molecule has 6 nitrogen and oxygen atoms in total. The summed E-state index contributed by atoms with van der Waals surface area (Å²) in [5.41, 5.74) is 1.29. The highest BCUT2D eigenvalue weighted by atomic mass is 16.5. The molecule has 0 bridgehead atoms. The molecule has 0 aliphatic carbocycles. The summed E-state index contributed by atoms with van der Waals surface area (Å²) in [6.45, 7) is 7.77. The Kier molecular flexibility index (Phi) is 9.90. The average Bonchev–Trinajstić information content (AvgIpc) is 3.15. The molecular formula is C20H34N4O2. The van der Waals surface area contributed by atoms with E-state index in [1.54, 1.807) is 0 Å². The Bertz CT molecular complexity index is 510. The van der Waals surface area contributed by atoms with Gasteiger partial charge in [-0.25, -0.2) is 0 Å². The molecule has 0 spiro atoms. The highest BCUT2D eigenvalue weighted by Gasteiger charge is 2.23. The minimum atomic E-state index is 0.411. The predicted molar refractivity (Wildman–Crippen MR) is 108 cm³/mol. The van der Waals surface area contributed by atoms with Crippen LogP contribution in [0.2, 0.25) is 0 Å². The molecule has 2 N–H and O–H groups in total. The van der Waals surface area contributed by atoms with Crippen molar-refractivity contribution in [3.05, 3.63) is 30.3 Å². The van der Waals surface area contributed by atoms with Crippen LogP contribution in [0.3, 0.4) is 0 Å². The van der Waals surface area contributed by atoms with E-state index < -0.39 is 0 Å². The van der Waals surface area contributed by atoms with Crippen molar-refractivity contribution in [2.45, 2.75) is 32.2 Å². The van der Waals surface area contributed by atoms with Crippen LogP contribution in [0.5, 0.6) is 0 Å². The van der Waals surface area contributed by atoms with Crippen molar-refractivity contribution < 1.29 is 9.47 Å². The summed E-state index contributed by atoms with van der Waals surface area (Å²) in [4.78, 5) is 6.72. The van der Waals surface area contributed by atoms with E-state index in [4.69, 9.17) is 9.47 Å². The van der Waals surface area contributed by atoms with Gasteiger partial charge in [-0.1, -0.05) is 31.5 Å². The normalized spacial score (nSPS) is 17.5. The molecule has 0 saturated carbocycles. The summed E-state index contributed by atoms with van der Waals surface area (Å²) in [6, 6.07) is 11.0. The molecule has 0 aromatic heterocycles. The van der Waals surface area contributed by atoms with Gasteiger partial charge in [0.15, 0.2) is 5.96 Å². The number of para-hydroxylation sites is 1. The van der Waals surface area contributed by atoms with Crippen molar-refractivity contribution in [1.29, 1.82) is 0 Å². The molecular weight excluding hydrogens is 328 g/mol. The van der Waals surface area contributed by atoms with Gasteiger partial charge in [0.1, 0.15) is 0 Å². The van der Waals surface area contributed by atoms with E-state index in [0.29, 0.717) is 25.9 Å². The zero-order chi connectivity index (χ0) is 18.5. The first-order chi connectivity index (χ1) is 12.8. The maximum Gasteiger partial charge on any atom is 0.191 e. The van der Waals surface area contributed by atoms with Gasteiger partial charge in [-0.05, 0) is 25.0 Å². The number of hydrogen-bond acceptors (Lipinski definition) is 4. The van der Waals surface area contributed by atoms with Gasteiger partial charge in [-0.15, -0.1) is 0 Å². The summed E-state index contributed by atoms with van der Waals surface area (Å²) in [7, 11) is 1.81. The van der Waals surface area contributed by atoms with Gasteiger partial charge in [0, 0.05) is 45.0 Å². The molecule has 1 aromatic rings. The molecule has 1 aliphatic rings. The topological polar surface area (TPSA) is 58.1 Å². The molecule has 1 atom stereocenters. The first-order valence-corrected chi connectivity index (χ1v) is 9.76. The second-order valence-electron chi connectivity index (χ2n) is 6.49. The molecule has 1 aliphatic heterocycles. The third-order valence-corrected chi connectivity index (χ3v) is 4.43. The van der Waals surface area contributed by atoms with Gasteiger partial charge in [0.05, 0.1) is 19.8 Å². The van der Waals surface area contributed by atoms with Crippen molar-refractivity contribution in [3.63, 3.8) is 0 Å². The van der Waals surface area contributed by atoms with Crippen molar-refractivity contribution in [1.82, 2.24) is 10.6 Å². The van der Waals surface area contributed by atoms with Crippen LogP contribution < -0.4 is 15.5 Å². The zero-order valence-electron chi connectivity index (χ0n) is 16.2. The lowest BCUT2D eigenvalue weighted by atomic mass is 10.3. The Hall–Kier alpha value is -1.79. The van der Waals surface area contributed by atoms with E-state index in [2.05, 4.69) is 57.8 Å². The number of nitrogens with zero attached hydrogens (tertiary/aromatic N) is 2. The van der Waals surface area contributed by atoms with Crippen LogP contribution >= 0.6 is 0 Å². The molecule has 1 aromatic carbocycles. The summed E-state index contributed by atoms with van der Waals surface area (Å²) in [5.74, 6) is 0.840. The second kappa shape index (κ2) is 12.5. The fraction of sp³-hybridized carbons (Fsp3) is 0.650. The van der Waals surface area contributed by atoms with Crippen LogP contribution in [0.1, 0.15) is 26.2 Å². The molecule has 146 valence electrons. The largest absolute Gasteiger partial charge is 0.379 e. The number of aliphatic imine (C=N–C) groups is 1. The van der Waals surface area contributed by atoms with Crippen LogP contribution in [0, 0.1) is 0 Å². The van der Waals surface area contributed by atoms with Crippen LogP contribution in [-0.4, -0.2) is 65.1 Å². The average molecular weight is 363 g/mol. The van der Waals surface area contributed by atoms with E-state index in [-0.39, 0.29) is 0 Å². The van der Waals surface area contributed by atoms with Crippen LogP contribution in [-0.2, 0) is 9.47 Å². The fourth-order valence-corrected chi connectivity index (χ4v) is 2.95. The molecule has 6 heteroatoms. The summed E-state index contributed by atoms with van der Waals surface area (Å²) in [5, 5.41) is 6.82. The van der Waals surface area contributed by atoms with E-state index >= 15 is 0 Å². The zero-order valence-corrected chi connectivity index (χ0v) is 16.2. The van der Waals surface area contributed by atoms with Crippen LogP contribution in [0.15, 0.2) is 35.3 Å². The molecule has 1 heterocycles. The van der Waals surface area contributed by atoms with E-state index in [0.717, 1.165) is 45.0 Å². The van der Waals surface area contributed by atoms with Gasteiger partial charge < -0.3 is 25.0 Å². The summed E-state index contributed by atoms with van der Waals surface area (Å²) < 4.78 is 11.0. The first kappa shape index (κ1) is 20.5. The van der Waals surface area contributed by atoms with Crippen molar-refractivity contribution >= 4 is 11.6 Å². The molecule has 26 heavy (non-hydrogen) atoms. The smallest absolute Gasteiger partial charge is 0.191 e. The van der Waals surface area contributed by atoms with Crippen LogP contribution in [0.25, 0.3) is 0 Å². The number of nitrogens with one attached hydrogen (secondary N) is 2. The maximum absolute atomic E-state index is 5.58. The molecule has 1 fully saturated rings. The second-order valence-corrected chi connectivity index (χ2v) is 6.49. The minimum Gasteiger partial charge on any atom is -0.379 e. The SMILES string of the molecule is CCCCOCCOCCNC(=NC)NC1CCN(c2ccccc2)C1. The van der Waals surface area contributed by atoms with Crippen LogP contribution in [0.4, 0.5) is 5.69 Å². The number of hydrogen-bond donors (Lipinski definition) is 2. The third-order valence-electron chi connectivity index (χ3n) is 4.43. The Morgan fingerprint density at radius 1 is 1.15 bits per heavy atom. The van der Waals surface area contributed by atoms with Gasteiger partial charge in [-0.3, -0.25) is 4.99 Å². The summed E-state index contributed by atoms with van der Waals surface area (Å²) in [6.07, 6.45) is 3.40. The first-order valence-electron chi connectivity index (χ1n) is 9.76. The lowest BCUT2D eigenvalue weighted by Gasteiger charge is -2.20. The van der Waals surface area contributed by atoms with Crippen molar-refractivity contribution in [3.8, 4) is 0 Å². The molecule has 2 rings (SSSR count). The van der Waals surface area contributed by atoms with Gasteiger partial charge in [-0.2, -0.15) is 0 Å². The quantitative estimate of drug-likeness (QED) is 0.359. The summed E-state index contributed by atoms with van der Waals surface area (Å²) >= 11 is 0. The predicted octanol–water partition coefficient (Wildman–Crippen LogP) is 2.26. The molecule has 0 amide bonds. The highest BCUT2D eigenvalue weighted by Crippen LogP contribution is 2.19. The maximum atomic E-state index is 5.58. The highest BCUT2D eigenvalue weighted by molar-refractivity contribution is 5.80. The Balaban J connectivity index is 1.56. The Morgan fingerprint density at radius 3 is 2.65 bits per heavy atom. The molecule has 1 unspecified atom stereocenters. The molecule has 0 radical (unpaired) electrons. The van der Waals surface area contributed by atoms with E-state index in [9.17, 15) is 0 Å². The van der Waals surface area contributed by atoms with E-state index in [1.165, 1.54) is 12.1 Å². The van der Waals surface area contributed by atoms with E-state index in [1.807, 2.05) is 7.05 Å². The lowest BCUT2D eigenvalue weighted by molar-refractivity contribution is 0.0487. The van der Waals surface area contributed by atoms with Gasteiger partial charge >= 0.3 is 0 Å². The standard InChI is InChI=1S/C20H34N4O2/c1-3-4-13-25-15-16-26-14-11-22-20(21-2)23-18-10-12-24(17-18)19-8-6-5-7-9-19/h5-9,18H,3-4,10-17H2,1-2H3,(H2,21,22,23).